The van der Waals surface area contributed by atoms with E-state index in [1.165, 1.54) is 0 Å². The van der Waals surface area contributed by atoms with Crippen molar-refractivity contribution >= 4 is 22.9 Å². The zero-order valence-electron chi connectivity index (χ0n) is 13.0. The first-order chi connectivity index (χ1) is 10.6. The molecule has 0 bridgehead atoms. The number of nitrogens with two attached hydrogens (primary N) is 1. The van der Waals surface area contributed by atoms with Gasteiger partial charge in [0.05, 0.1) is 5.56 Å². The molecule has 2 N–H and O–H groups in total. The first-order valence-electron chi connectivity index (χ1n) is 7.18. The van der Waals surface area contributed by atoms with Crippen molar-refractivity contribution in [3.63, 3.8) is 0 Å². The number of hydrogen-bond acceptors (Lipinski definition) is 4. The molecule has 0 saturated heterocycles. The molecule has 116 valence electrons. The Kier molecular flexibility index (Phi) is 5.49. The van der Waals surface area contributed by atoms with Crippen molar-refractivity contribution in [3.8, 4) is 0 Å². The molecule has 0 aromatic heterocycles. The van der Waals surface area contributed by atoms with Crippen LogP contribution in [0.2, 0.25) is 0 Å². The largest absolute Gasteiger partial charge is 0.395 e. The number of amides is 1. The first kappa shape index (κ1) is 16.0. The molecule has 0 aliphatic rings. The summed E-state index contributed by atoms with van der Waals surface area (Å²) >= 11 is 0. The van der Waals surface area contributed by atoms with Gasteiger partial charge < -0.3 is 15.5 Å². The van der Waals surface area contributed by atoms with Gasteiger partial charge in [-0.3, -0.25) is 4.79 Å². The predicted molar refractivity (Wildman–Crippen MR) is 89.2 cm³/mol. The smallest absolute Gasteiger partial charge is 0.249 e. The second kappa shape index (κ2) is 7.56. The van der Waals surface area contributed by atoms with Crippen molar-refractivity contribution in [2.75, 3.05) is 27.2 Å². The lowest BCUT2D eigenvalue weighted by molar-refractivity contribution is 0.100. The van der Waals surface area contributed by atoms with E-state index in [4.69, 9.17) is 10.6 Å². The van der Waals surface area contributed by atoms with Crippen LogP contribution in [0.15, 0.2) is 41.6 Å². The molecule has 22 heavy (non-hydrogen) atoms. The highest BCUT2D eigenvalue weighted by Gasteiger charge is 2.11. The minimum Gasteiger partial charge on any atom is -0.395 e. The van der Waals surface area contributed by atoms with E-state index in [2.05, 4.69) is 5.16 Å². The molecule has 0 atom stereocenters. The number of oxime groups is 1. The van der Waals surface area contributed by atoms with Crippen LogP contribution in [-0.4, -0.2) is 44.3 Å². The Morgan fingerprint density at radius 3 is 2.77 bits per heavy atom. The Hall–Kier alpha value is -2.40. The van der Waals surface area contributed by atoms with Gasteiger partial charge in [0.1, 0.15) is 6.61 Å². The highest BCUT2D eigenvalue weighted by molar-refractivity contribution is 6.08. The van der Waals surface area contributed by atoms with E-state index in [1.54, 1.807) is 6.21 Å². The SMILES string of the molecule is CN(C)CCON=CCc1ccc2ccccc2c1C(N)=O. The van der Waals surface area contributed by atoms with Crippen LogP contribution in [0.3, 0.4) is 0 Å². The van der Waals surface area contributed by atoms with Crippen LogP contribution in [0.4, 0.5) is 0 Å². The molecule has 0 aliphatic heterocycles. The van der Waals surface area contributed by atoms with Crippen LogP contribution in [0, 0.1) is 0 Å². The maximum absolute atomic E-state index is 11.8. The highest BCUT2D eigenvalue weighted by atomic mass is 16.6. The number of nitrogens with zero attached hydrogens (tertiary/aromatic N) is 2. The standard InChI is InChI=1S/C17H21N3O2/c1-20(2)11-12-22-19-10-9-14-8-7-13-5-3-4-6-15(13)16(14)17(18)21/h3-8,10H,9,11-12H2,1-2H3,(H2,18,21). The zero-order chi connectivity index (χ0) is 15.9. The van der Waals surface area contributed by atoms with Crippen LogP contribution in [0.5, 0.6) is 0 Å². The summed E-state index contributed by atoms with van der Waals surface area (Å²) in [7, 11) is 3.95. The Morgan fingerprint density at radius 2 is 2.05 bits per heavy atom. The van der Waals surface area contributed by atoms with Gasteiger partial charge in [-0.1, -0.05) is 41.6 Å². The summed E-state index contributed by atoms with van der Waals surface area (Å²) in [5.41, 5.74) is 6.95. The van der Waals surface area contributed by atoms with Crippen LogP contribution in [-0.2, 0) is 11.3 Å². The number of rotatable bonds is 7. The van der Waals surface area contributed by atoms with Crippen molar-refractivity contribution < 1.29 is 9.63 Å². The molecule has 2 aromatic rings. The van der Waals surface area contributed by atoms with Crippen LogP contribution < -0.4 is 5.73 Å². The Morgan fingerprint density at radius 1 is 1.27 bits per heavy atom. The summed E-state index contributed by atoms with van der Waals surface area (Å²) in [5, 5.41) is 5.78. The van der Waals surface area contributed by atoms with E-state index >= 15 is 0 Å². The summed E-state index contributed by atoms with van der Waals surface area (Å²) in [6.45, 7) is 1.34. The first-order valence-corrected chi connectivity index (χ1v) is 7.18. The molecule has 1 amide bonds. The molecule has 2 rings (SSSR count). The van der Waals surface area contributed by atoms with E-state index < -0.39 is 5.91 Å². The Balaban J connectivity index is 2.12. The molecule has 5 nitrogen and oxygen atoms in total. The second-order valence-corrected chi connectivity index (χ2v) is 5.31. The topological polar surface area (TPSA) is 67.9 Å². The Bertz CT molecular complexity index is 681. The average molecular weight is 299 g/mol. The average Bonchev–Trinajstić information content (AvgIpc) is 2.49. The Labute approximate surface area is 130 Å². The van der Waals surface area contributed by atoms with Crippen molar-refractivity contribution in [1.29, 1.82) is 0 Å². The molecule has 0 aliphatic carbocycles. The van der Waals surface area contributed by atoms with Gasteiger partial charge in [0.15, 0.2) is 0 Å². The number of likely N-dealkylation sites (N-methyl/N-ethyl adjacent to an activating group) is 1. The zero-order valence-corrected chi connectivity index (χ0v) is 13.0. The fourth-order valence-electron chi connectivity index (χ4n) is 2.24. The van der Waals surface area contributed by atoms with Gasteiger partial charge in [-0.15, -0.1) is 0 Å². The second-order valence-electron chi connectivity index (χ2n) is 5.31. The lowest BCUT2D eigenvalue weighted by Crippen LogP contribution is -2.17. The third kappa shape index (κ3) is 4.05. The third-order valence-electron chi connectivity index (χ3n) is 3.35. The minimum absolute atomic E-state index is 0.422. The van der Waals surface area contributed by atoms with E-state index in [9.17, 15) is 4.79 Å². The third-order valence-corrected chi connectivity index (χ3v) is 3.35. The van der Waals surface area contributed by atoms with Crippen molar-refractivity contribution in [2.24, 2.45) is 10.9 Å². The number of carbonyl (C=O) groups is 1. The quantitative estimate of drug-likeness (QED) is 0.483. The highest BCUT2D eigenvalue weighted by Crippen LogP contribution is 2.22. The molecule has 5 heteroatoms. The molecule has 2 aromatic carbocycles. The number of primary amides is 1. The van der Waals surface area contributed by atoms with E-state index in [-0.39, 0.29) is 0 Å². The molecule has 0 saturated carbocycles. The van der Waals surface area contributed by atoms with Crippen LogP contribution >= 0.6 is 0 Å². The van der Waals surface area contributed by atoms with Gasteiger partial charge in [-0.25, -0.2) is 0 Å². The van der Waals surface area contributed by atoms with Gasteiger partial charge in [0, 0.05) is 19.2 Å². The molecule has 0 fully saturated rings. The fraction of sp³-hybridized carbons (Fsp3) is 0.294. The van der Waals surface area contributed by atoms with Crippen molar-refractivity contribution in [2.45, 2.75) is 6.42 Å². The monoisotopic (exact) mass is 299 g/mol. The number of carbonyl (C=O) groups excluding carboxylic acids is 1. The van der Waals surface area contributed by atoms with Gasteiger partial charge in [-0.05, 0) is 30.4 Å². The van der Waals surface area contributed by atoms with Crippen LogP contribution in [0.25, 0.3) is 10.8 Å². The summed E-state index contributed by atoms with van der Waals surface area (Å²) in [6.07, 6.45) is 2.16. The molecule has 0 heterocycles. The lowest BCUT2D eigenvalue weighted by Gasteiger charge is -2.09. The van der Waals surface area contributed by atoms with Gasteiger partial charge in [0.2, 0.25) is 5.91 Å². The van der Waals surface area contributed by atoms with E-state index in [0.29, 0.717) is 18.6 Å². The lowest BCUT2D eigenvalue weighted by atomic mass is 9.97. The summed E-state index contributed by atoms with van der Waals surface area (Å²) in [6, 6.07) is 11.6. The number of hydrogen-bond donors (Lipinski definition) is 1. The van der Waals surface area contributed by atoms with Crippen molar-refractivity contribution in [3.05, 3.63) is 47.5 Å². The van der Waals surface area contributed by atoms with Gasteiger partial charge in [-0.2, -0.15) is 0 Å². The normalized spacial score (nSPS) is 11.4. The molecular formula is C17H21N3O2. The van der Waals surface area contributed by atoms with Crippen LogP contribution in [0.1, 0.15) is 15.9 Å². The van der Waals surface area contributed by atoms with E-state index in [0.717, 1.165) is 22.9 Å². The predicted octanol–water partition coefficient (Wildman–Crippen LogP) is 2.05. The molecule has 0 spiro atoms. The number of benzene rings is 2. The molecular weight excluding hydrogens is 278 g/mol. The van der Waals surface area contributed by atoms with Gasteiger partial charge >= 0.3 is 0 Å². The fourth-order valence-corrected chi connectivity index (χ4v) is 2.24. The maximum Gasteiger partial charge on any atom is 0.249 e. The number of fused-ring (bicyclic) bond motifs is 1. The van der Waals surface area contributed by atoms with E-state index in [1.807, 2.05) is 55.4 Å². The minimum atomic E-state index is -0.422. The van der Waals surface area contributed by atoms with Crippen molar-refractivity contribution in [1.82, 2.24) is 4.90 Å². The summed E-state index contributed by atoms with van der Waals surface area (Å²) in [5.74, 6) is -0.422. The molecule has 0 unspecified atom stereocenters. The van der Waals surface area contributed by atoms with Gasteiger partial charge in [0.25, 0.3) is 0 Å². The summed E-state index contributed by atoms with van der Waals surface area (Å²) in [4.78, 5) is 19.0. The molecule has 0 radical (unpaired) electrons. The summed E-state index contributed by atoms with van der Waals surface area (Å²) < 4.78 is 0. The maximum atomic E-state index is 11.8.